The van der Waals surface area contributed by atoms with Crippen LogP contribution in [-0.2, 0) is 31.0 Å². The van der Waals surface area contributed by atoms with E-state index in [1.807, 2.05) is 6.08 Å². The molecule has 2 aliphatic heterocycles. The fourth-order valence-electron chi connectivity index (χ4n) is 9.51. The lowest BCUT2D eigenvalue weighted by atomic mass is 9.49. The zero-order valence-corrected chi connectivity index (χ0v) is 32.7. The van der Waals surface area contributed by atoms with Gasteiger partial charge in [-0.25, -0.2) is 0 Å². The van der Waals surface area contributed by atoms with Gasteiger partial charge in [-0.2, -0.15) is 5.01 Å². The van der Waals surface area contributed by atoms with Crippen molar-refractivity contribution in [2.45, 2.75) is 30.6 Å². The number of benzene rings is 4. The van der Waals surface area contributed by atoms with Gasteiger partial charge in [0.1, 0.15) is 28.7 Å². The number of nitrogens with zero attached hydrogens (tertiary/aromatic N) is 2. The van der Waals surface area contributed by atoms with Gasteiger partial charge in [0.05, 0.1) is 55.2 Å². The third-order valence-corrected chi connectivity index (χ3v) is 12.6. The molecule has 8 rings (SSSR count). The Balaban J connectivity index is 1.31. The molecule has 14 heteroatoms. The monoisotopic (exact) mass is 811 g/mol. The molecule has 2 aliphatic carbocycles. The first-order chi connectivity index (χ1) is 27.4. The van der Waals surface area contributed by atoms with E-state index in [1.165, 1.54) is 38.4 Å². The minimum Gasteiger partial charge on any atom is -0.508 e. The first kappa shape index (κ1) is 38.2. The van der Waals surface area contributed by atoms with E-state index in [4.69, 9.17) is 37.4 Å². The van der Waals surface area contributed by atoms with Crippen LogP contribution >= 0.6 is 23.2 Å². The van der Waals surface area contributed by atoms with Crippen molar-refractivity contribution < 1.29 is 43.6 Å². The number of ether oxygens (including phenoxy) is 3. The standard InChI is InChI=1S/C43H39Cl2N3O9/c1-55-26-11-6-23(7-12-26)43-31(40(52)48(42(43)54)46-33-15-8-24(44)18-32(33)45)21-30-28(38(43)37-34(50)19-27(56-2)20-35(37)57-3)13-14-29-36(30)41(53)47(39(29)51)17-16-22-4-9-25(49)10-5-22/h4-13,15,18-20,29-31,36,38,46,49-50H,14,16-17,21H2,1-3H3/t29-,30+,31-,36-,38+,43+/m0/s1. The molecule has 2 heterocycles. The third kappa shape index (κ3) is 6.04. The number of allylic oxidation sites excluding steroid dienone is 2. The van der Waals surface area contributed by atoms with Gasteiger partial charge in [0, 0.05) is 35.2 Å². The highest BCUT2D eigenvalue weighted by Crippen LogP contribution is 2.66. The maximum Gasteiger partial charge on any atom is 0.260 e. The van der Waals surface area contributed by atoms with Gasteiger partial charge >= 0.3 is 0 Å². The van der Waals surface area contributed by atoms with Gasteiger partial charge in [0.25, 0.3) is 11.8 Å². The number of carbonyl (C=O) groups is 4. The van der Waals surface area contributed by atoms with Crippen LogP contribution in [0.4, 0.5) is 5.69 Å². The van der Waals surface area contributed by atoms with E-state index >= 15 is 9.59 Å². The molecule has 294 valence electrons. The fraction of sp³-hybridized carbons (Fsp3) is 0.302. The maximum absolute atomic E-state index is 15.6. The van der Waals surface area contributed by atoms with Gasteiger partial charge in [-0.05, 0) is 78.8 Å². The number of anilines is 1. The Kier molecular flexibility index (Phi) is 9.81. The van der Waals surface area contributed by atoms with Crippen LogP contribution in [0.2, 0.25) is 10.0 Å². The quantitative estimate of drug-likeness (QED) is 0.117. The summed E-state index contributed by atoms with van der Waals surface area (Å²) >= 11 is 12.8. The predicted octanol–water partition coefficient (Wildman–Crippen LogP) is 6.66. The lowest BCUT2D eigenvalue weighted by molar-refractivity contribution is -0.141. The predicted molar refractivity (Wildman–Crippen MR) is 210 cm³/mol. The van der Waals surface area contributed by atoms with E-state index in [1.54, 1.807) is 66.7 Å². The Morgan fingerprint density at radius 1 is 0.807 bits per heavy atom. The number of imide groups is 2. The van der Waals surface area contributed by atoms with Crippen LogP contribution in [0.3, 0.4) is 0 Å². The van der Waals surface area contributed by atoms with Crippen LogP contribution in [0.25, 0.3) is 0 Å². The van der Waals surface area contributed by atoms with Gasteiger partial charge in [-0.1, -0.05) is 59.1 Å². The van der Waals surface area contributed by atoms with Crippen molar-refractivity contribution in [3.63, 3.8) is 0 Å². The van der Waals surface area contributed by atoms with Crippen molar-refractivity contribution in [1.82, 2.24) is 9.91 Å². The number of carbonyl (C=O) groups excluding carboxylic acids is 4. The Bertz CT molecular complexity index is 2330. The van der Waals surface area contributed by atoms with E-state index in [-0.39, 0.29) is 64.7 Å². The van der Waals surface area contributed by atoms with E-state index in [0.717, 1.165) is 10.6 Å². The molecular formula is C43H39Cl2N3O9. The average molecular weight is 813 g/mol. The first-order valence-corrected chi connectivity index (χ1v) is 19.2. The summed E-state index contributed by atoms with van der Waals surface area (Å²) in [6.07, 6.45) is 2.52. The van der Waals surface area contributed by atoms with Crippen molar-refractivity contribution in [2.75, 3.05) is 33.3 Å². The molecule has 0 bridgehead atoms. The number of hydrogen-bond acceptors (Lipinski definition) is 10. The topological polar surface area (TPSA) is 155 Å². The van der Waals surface area contributed by atoms with Crippen LogP contribution in [0.1, 0.15) is 35.4 Å². The molecule has 6 atom stereocenters. The molecule has 0 radical (unpaired) electrons. The second-order valence-corrected chi connectivity index (χ2v) is 15.6. The number of fused-ring (bicyclic) bond motifs is 4. The van der Waals surface area contributed by atoms with Crippen LogP contribution in [0, 0.1) is 23.7 Å². The van der Waals surface area contributed by atoms with Gasteiger partial charge in [-0.3, -0.25) is 29.5 Å². The molecule has 0 aromatic heterocycles. The molecule has 3 fully saturated rings. The van der Waals surface area contributed by atoms with Crippen LogP contribution in [0.15, 0.2) is 90.5 Å². The molecule has 1 saturated carbocycles. The zero-order chi connectivity index (χ0) is 40.3. The number of halogens is 2. The summed E-state index contributed by atoms with van der Waals surface area (Å²) in [7, 11) is 4.40. The highest BCUT2D eigenvalue weighted by Gasteiger charge is 2.71. The number of amides is 4. The molecule has 2 saturated heterocycles. The number of aromatic hydroxyl groups is 2. The van der Waals surface area contributed by atoms with E-state index in [2.05, 4.69) is 5.43 Å². The van der Waals surface area contributed by atoms with Crippen LogP contribution in [-0.4, -0.2) is 71.6 Å². The molecule has 3 N–H and O–H groups in total. The molecule has 12 nitrogen and oxygen atoms in total. The average Bonchev–Trinajstić information content (AvgIpc) is 3.58. The maximum atomic E-state index is 15.6. The number of rotatable bonds is 10. The number of phenolic OH excluding ortho intramolecular Hbond substituents is 2. The zero-order valence-electron chi connectivity index (χ0n) is 31.2. The van der Waals surface area contributed by atoms with Crippen molar-refractivity contribution in [2.24, 2.45) is 23.7 Å². The normalized spacial score (nSPS) is 25.1. The van der Waals surface area contributed by atoms with Crippen molar-refractivity contribution in [1.29, 1.82) is 0 Å². The molecule has 4 aromatic rings. The van der Waals surface area contributed by atoms with Crippen LogP contribution < -0.4 is 19.6 Å². The minimum absolute atomic E-state index is 0.0384. The minimum atomic E-state index is -1.71. The SMILES string of the molecule is COc1ccc([C@@]23C(=O)N(Nc4ccc(Cl)cc4Cl)C(=O)[C@@H]2C[C@@H]2C(=CC[C@@H]4C(=O)N(CCc5ccc(O)cc5)C(=O)[C@@H]42)[C@@H]3c2c(O)cc(OC)cc2OC)cc1. The molecule has 0 spiro atoms. The Hall–Kier alpha value is -5.72. The molecule has 4 aliphatic rings. The van der Waals surface area contributed by atoms with Gasteiger partial charge < -0.3 is 24.4 Å². The molecule has 0 unspecified atom stereocenters. The Morgan fingerprint density at radius 3 is 2.19 bits per heavy atom. The largest absolute Gasteiger partial charge is 0.508 e. The lowest BCUT2D eigenvalue weighted by Gasteiger charge is -2.50. The number of hydrogen-bond donors (Lipinski definition) is 3. The van der Waals surface area contributed by atoms with Gasteiger partial charge in [0.15, 0.2) is 0 Å². The summed E-state index contributed by atoms with van der Waals surface area (Å²) in [4.78, 5) is 60.5. The smallest absolute Gasteiger partial charge is 0.260 e. The third-order valence-electron chi connectivity index (χ3n) is 12.1. The summed E-state index contributed by atoms with van der Waals surface area (Å²) < 4.78 is 16.9. The Morgan fingerprint density at radius 2 is 1.53 bits per heavy atom. The van der Waals surface area contributed by atoms with Crippen molar-refractivity contribution in [3.8, 4) is 28.7 Å². The highest BCUT2D eigenvalue weighted by atomic mass is 35.5. The number of likely N-dealkylation sites (tertiary alicyclic amines) is 1. The van der Waals surface area contributed by atoms with Gasteiger partial charge in [-0.15, -0.1) is 0 Å². The van der Waals surface area contributed by atoms with Crippen LogP contribution in [0.5, 0.6) is 28.7 Å². The van der Waals surface area contributed by atoms with E-state index < -0.39 is 46.8 Å². The number of phenols is 2. The van der Waals surface area contributed by atoms with E-state index in [0.29, 0.717) is 34.1 Å². The number of nitrogens with one attached hydrogen (secondary N) is 1. The number of methoxy groups -OCH3 is 3. The van der Waals surface area contributed by atoms with Crippen molar-refractivity contribution in [3.05, 3.63) is 117 Å². The summed E-state index contributed by atoms with van der Waals surface area (Å²) in [6.45, 7) is 0.129. The second kappa shape index (κ2) is 14.7. The molecule has 4 amide bonds. The summed E-state index contributed by atoms with van der Waals surface area (Å²) in [5, 5.41) is 23.2. The fourth-order valence-corrected chi connectivity index (χ4v) is 9.96. The number of hydrazine groups is 1. The second-order valence-electron chi connectivity index (χ2n) is 14.7. The summed E-state index contributed by atoms with van der Waals surface area (Å²) in [6, 6.07) is 21.1. The van der Waals surface area contributed by atoms with E-state index in [9.17, 15) is 19.8 Å². The summed E-state index contributed by atoms with van der Waals surface area (Å²) in [5.74, 6) is -5.39. The summed E-state index contributed by atoms with van der Waals surface area (Å²) in [5.41, 5.74) is 3.68. The lowest BCUT2D eigenvalue weighted by Crippen LogP contribution is -2.53. The highest BCUT2D eigenvalue weighted by molar-refractivity contribution is 6.36. The molecular weight excluding hydrogens is 773 g/mol. The first-order valence-electron chi connectivity index (χ1n) is 18.4. The molecule has 57 heavy (non-hydrogen) atoms. The van der Waals surface area contributed by atoms with Crippen molar-refractivity contribution >= 4 is 52.5 Å². The molecule has 4 aromatic carbocycles. The van der Waals surface area contributed by atoms with Gasteiger partial charge in [0.2, 0.25) is 11.8 Å². The Labute approximate surface area is 338 Å².